The van der Waals surface area contributed by atoms with Gasteiger partial charge in [-0.15, -0.1) is 0 Å². The maximum atomic E-state index is 12.7. The Kier molecular flexibility index (Phi) is 6.55. The predicted molar refractivity (Wildman–Crippen MR) is 106 cm³/mol. The van der Waals surface area contributed by atoms with Crippen LogP contribution in [0.25, 0.3) is 0 Å². The second-order valence-corrected chi connectivity index (χ2v) is 8.74. The topological polar surface area (TPSA) is 66.5 Å². The summed E-state index contributed by atoms with van der Waals surface area (Å²) < 4.78 is 25.6. The minimum absolute atomic E-state index is 0.236. The number of rotatable bonds is 6. The molecule has 0 radical (unpaired) electrons. The Morgan fingerprint density at radius 3 is 2.08 bits per heavy atom. The van der Waals surface area contributed by atoms with Crippen LogP contribution in [-0.4, -0.2) is 26.6 Å². The smallest absolute Gasteiger partial charge is 0.244 e. The minimum atomic E-state index is -3.74. The lowest BCUT2D eigenvalue weighted by molar-refractivity contribution is -0.122. The molecule has 0 aromatic heterocycles. The summed E-state index contributed by atoms with van der Waals surface area (Å²) in [5.41, 5.74) is 1.16. The van der Waals surface area contributed by atoms with Crippen molar-refractivity contribution < 1.29 is 13.2 Å². The summed E-state index contributed by atoms with van der Waals surface area (Å²) in [6.45, 7) is 3.35. The molecular formula is C18H20Cl2N2O3S. The van der Waals surface area contributed by atoms with Crippen molar-refractivity contribution in [3.05, 3.63) is 64.1 Å². The Hall–Kier alpha value is -1.76. The van der Waals surface area contributed by atoms with Gasteiger partial charge in [0.2, 0.25) is 15.9 Å². The zero-order valence-electron chi connectivity index (χ0n) is 14.6. The van der Waals surface area contributed by atoms with Crippen LogP contribution in [0.2, 0.25) is 10.0 Å². The van der Waals surface area contributed by atoms with E-state index in [1.54, 1.807) is 0 Å². The molecule has 0 saturated carbocycles. The van der Waals surface area contributed by atoms with E-state index in [1.165, 1.54) is 25.1 Å². The molecule has 2 aromatic carbocycles. The second-order valence-electron chi connectivity index (χ2n) is 6.00. The van der Waals surface area contributed by atoms with Crippen molar-refractivity contribution in [3.8, 4) is 0 Å². The van der Waals surface area contributed by atoms with Gasteiger partial charge in [-0.05, 0) is 37.6 Å². The first kappa shape index (κ1) is 20.6. The monoisotopic (exact) mass is 414 g/mol. The lowest BCUT2D eigenvalue weighted by Gasteiger charge is -2.29. The molecule has 2 atom stereocenters. The number of anilines is 1. The molecule has 140 valence electrons. The van der Waals surface area contributed by atoms with Crippen molar-refractivity contribution in [1.82, 2.24) is 5.32 Å². The lowest BCUT2D eigenvalue weighted by Crippen LogP contribution is -2.48. The van der Waals surface area contributed by atoms with E-state index in [-0.39, 0.29) is 21.8 Å². The Balaban J connectivity index is 2.29. The third-order valence-electron chi connectivity index (χ3n) is 3.85. The van der Waals surface area contributed by atoms with Crippen LogP contribution in [0.5, 0.6) is 0 Å². The Bertz CT molecular complexity index is 868. The van der Waals surface area contributed by atoms with Crippen molar-refractivity contribution in [2.24, 2.45) is 0 Å². The lowest BCUT2D eigenvalue weighted by atomic mass is 10.1. The zero-order valence-corrected chi connectivity index (χ0v) is 16.9. The van der Waals surface area contributed by atoms with Gasteiger partial charge in [-0.1, -0.05) is 53.5 Å². The average Bonchev–Trinajstić information content (AvgIpc) is 2.53. The number of carbonyl (C=O) groups excluding carboxylic acids is 1. The number of sulfonamides is 1. The molecule has 0 saturated heterocycles. The predicted octanol–water partition coefficient (Wildman–Crippen LogP) is 4.03. The van der Waals surface area contributed by atoms with Gasteiger partial charge in [-0.3, -0.25) is 9.10 Å². The molecule has 0 fully saturated rings. The van der Waals surface area contributed by atoms with E-state index in [0.717, 1.165) is 16.1 Å². The van der Waals surface area contributed by atoms with Crippen molar-refractivity contribution in [1.29, 1.82) is 0 Å². The van der Waals surface area contributed by atoms with Crippen molar-refractivity contribution >= 4 is 44.8 Å². The largest absolute Gasteiger partial charge is 0.348 e. The summed E-state index contributed by atoms with van der Waals surface area (Å²) in [6, 6.07) is 12.6. The van der Waals surface area contributed by atoms with Gasteiger partial charge in [0.15, 0.2) is 0 Å². The first-order chi connectivity index (χ1) is 12.1. The highest BCUT2D eigenvalue weighted by atomic mass is 35.5. The first-order valence-corrected chi connectivity index (χ1v) is 10.5. The standard InChI is InChI=1S/C18H20Cl2N2O3S/c1-12(14-7-5-4-6-8-14)21-18(23)13(2)22(26(3,24)25)17-10-15(19)9-16(20)11-17/h4-13H,1-3H3,(H,21,23)/t12-,13-/m1/s1. The van der Waals surface area contributed by atoms with Crippen LogP contribution in [0.4, 0.5) is 5.69 Å². The maximum absolute atomic E-state index is 12.7. The normalized spacial score (nSPS) is 13.7. The SMILES string of the molecule is C[C@H](C(=O)N[C@H](C)c1ccccc1)N(c1cc(Cl)cc(Cl)c1)S(C)(=O)=O. The fraction of sp³-hybridized carbons (Fsp3) is 0.278. The molecule has 0 aliphatic rings. The maximum Gasteiger partial charge on any atom is 0.244 e. The summed E-state index contributed by atoms with van der Waals surface area (Å²) in [7, 11) is -3.74. The van der Waals surface area contributed by atoms with Crippen LogP contribution < -0.4 is 9.62 Å². The molecular weight excluding hydrogens is 395 g/mol. The molecule has 5 nitrogen and oxygen atoms in total. The number of nitrogens with one attached hydrogen (secondary N) is 1. The van der Waals surface area contributed by atoms with E-state index in [2.05, 4.69) is 5.32 Å². The van der Waals surface area contributed by atoms with Crippen LogP contribution in [-0.2, 0) is 14.8 Å². The van der Waals surface area contributed by atoms with E-state index < -0.39 is 22.0 Å². The summed E-state index contributed by atoms with van der Waals surface area (Å²) in [5.74, 6) is -0.428. The van der Waals surface area contributed by atoms with Gasteiger partial charge in [-0.25, -0.2) is 8.42 Å². The number of amides is 1. The fourth-order valence-corrected chi connectivity index (χ4v) is 4.31. The van der Waals surface area contributed by atoms with Gasteiger partial charge < -0.3 is 5.32 Å². The van der Waals surface area contributed by atoms with Crippen molar-refractivity contribution in [2.45, 2.75) is 25.9 Å². The molecule has 0 spiro atoms. The van der Waals surface area contributed by atoms with Gasteiger partial charge in [0.1, 0.15) is 6.04 Å². The average molecular weight is 415 g/mol. The number of hydrogen-bond acceptors (Lipinski definition) is 3. The van der Waals surface area contributed by atoms with Crippen molar-refractivity contribution in [3.63, 3.8) is 0 Å². The molecule has 2 aromatic rings. The summed E-state index contributed by atoms with van der Waals surface area (Å²) >= 11 is 12.0. The highest BCUT2D eigenvalue weighted by molar-refractivity contribution is 7.92. The van der Waals surface area contributed by atoms with Crippen LogP contribution in [0.1, 0.15) is 25.5 Å². The highest BCUT2D eigenvalue weighted by Crippen LogP contribution is 2.28. The zero-order chi connectivity index (χ0) is 19.5. The highest BCUT2D eigenvalue weighted by Gasteiger charge is 2.30. The number of nitrogens with zero attached hydrogens (tertiary/aromatic N) is 1. The molecule has 1 N–H and O–H groups in total. The number of halogens is 2. The third-order valence-corrected chi connectivity index (χ3v) is 5.53. The molecule has 26 heavy (non-hydrogen) atoms. The quantitative estimate of drug-likeness (QED) is 0.775. The van der Waals surface area contributed by atoms with Crippen LogP contribution in [0.3, 0.4) is 0 Å². The molecule has 0 unspecified atom stereocenters. The molecule has 8 heteroatoms. The molecule has 0 aliphatic carbocycles. The van der Waals surface area contributed by atoms with E-state index in [0.29, 0.717) is 0 Å². The summed E-state index contributed by atoms with van der Waals surface area (Å²) in [4.78, 5) is 12.7. The Morgan fingerprint density at radius 1 is 1.04 bits per heavy atom. The molecule has 1 amide bonds. The molecule has 2 rings (SSSR count). The van der Waals surface area contributed by atoms with Gasteiger partial charge in [0, 0.05) is 10.0 Å². The Morgan fingerprint density at radius 2 is 1.58 bits per heavy atom. The van der Waals surface area contributed by atoms with E-state index in [9.17, 15) is 13.2 Å². The number of benzene rings is 2. The number of carbonyl (C=O) groups is 1. The minimum Gasteiger partial charge on any atom is -0.348 e. The summed E-state index contributed by atoms with van der Waals surface area (Å²) in [6.07, 6.45) is 1.03. The van der Waals surface area contributed by atoms with Crippen molar-refractivity contribution in [2.75, 3.05) is 10.6 Å². The van der Waals surface area contributed by atoms with Gasteiger partial charge >= 0.3 is 0 Å². The molecule has 0 bridgehead atoms. The van der Waals surface area contributed by atoms with Gasteiger partial charge in [-0.2, -0.15) is 0 Å². The number of hydrogen-bond donors (Lipinski definition) is 1. The van der Waals surface area contributed by atoms with Crippen LogP contribution >= 0.6 is 23.2 Å². The Labute approximate surface area is 164 Å². The fourth-order valence-electron chi connectivity index (χ4n) is 2.63. The molecule has 0 aliphatic heterocycles. The van der Waals surface area contributed by atoms with E-state index in [1.807, 2.05) is 37.3 Å². The second kappa shape index (κ2) is 8.29. The van der Waals surface area contributed by atoms with Crippen LogP contribution in [0.15, 0.2) is 48.5 Å². The third kappa shape index (κ3) is 5.13. The summed E-state index contributed by atoms with van der Waals surface area (Å²) in [5, 5.41) is 3.40. The van der Waals surface area contributed by atoms with Crippen LogP contribution in [0, 0.1) is 0 Å². The van der Waals surface area contributed by atoms with E-state index in [4.69, 9.17) is 23.2 Å². The van der Waals surface area contributed by atoms with Gasteiger partial charge in [0.25, 0.3) is 0 Å². The molecule has 0 heterocycles. The first-order valence-electron chi connectivity index (χ1n) is 7.90. The van der Waals surface area contributed by atoms with E-state index >= 15 is 0 Å². The van der Waals surface area contributed by atoms with Gasteiger partial charge in [0.05, 0.1) is 18.0 Å².